The molecule has 30 heavy (non-hydrogen) atoms. The molecule has 0 atom stereocenters. The smallest absolute Gasteiger partial charge is 0.282 e. The molecule has 3 heterocycles. The first-order chi connectivity index (χ1) is 14.4. The lowest BCUT2D eigenvalue weighted by atomic mass is 10.1. The first-order valence-corrected chi connectivity index (χ1v) is 9.55. The van der Waals surface area contributed by atoms with Gasteiger partial charge in [0.25, 0.3) is 11.6 Å². The van der Waals surface area contributed by atoms with Crippen LogP contribution < -0.4 is 4.90 Å². The zero-order valence-electron chi connectivity index (χ0n) is 16.0. The van der Waals surface area contributed by atoms with Crippen LogP contribution in [0.1, 0.15) is 16.2 Å². The summed E-state index contributed by atoms with van der Waals surface area (Å²) in [6, 6.07) is 7.72. The summed E-state index contributed by atoms with van der Waals surface area (Å²) in [7, 11) is 0. The molecule has 0 aliphatic carbocycles. The van der Waals surface area contributed by atoms with Gasteiger partial charge in [-0.3, -0.25) is 14.9 Å². The summed E-state index contributed by atoms with van der Waals surface area (Å²) < 4.78 is 4.98. The zero-order chi connectivity index (χ0) is 21.3. The molecule has 0 spiro atoms. The molecule has 1 aromatic carbocycles. The van der Waals surface area contributed by atoms with Crippen LogP contribution >= 0.6 is 11.6 Å². The van der Waals surface area contributed by atoms with Gasteiger partial charge in [-0.25, -0.2) is 4.98 Å². The van der Waals surface area contributed by atoms with Gasteiger partial charge in [-0.2, -0.15) is 4.98 Å². The molecule has 0 unspecified atom stereocenters. The van der Waals surface area contributed by atoms with Gasteiger partial charge in [-0.15, -0.1) is 0 Å². The molecule has 10 nitrogen and oxygen atoms in total. The number of nitro benzene ring substituents is 1. The maximum atomic E-state index is 12.8. The molecule has 11 heteroatoms. The molecule has 1 saturated heterocycles. The number of carbonyl (C=O) groups excluding carboxylic acids is 1. The Kier molecular flexibility index (Phi) is 5.32. The van der Waals surface area contributed by atoms with Crippen molar-refractivity contribution in [3.05, 3.63) is 63.1 Å². The van der Waals surface area contributed by atoms with Crippen molar-refractivity contribution in [3.63, 3.8) is 0 Å². The van der Waals surface area contributed by atoms with Crippen LogP contribution in [-0.2, 0) is 0 Å². The molecule has 2 aromatic heterocycles. The topological polar surface area (TPSA) is 118 Å². The van der Waals surface area contributed by atoms with Gasteiger partial charge in [0.2, 0.25) is 11.7 Å². The van der Waals surface area contributed by atoms with Crippen molar-refractivity contribution in [2.75, 3.05) is 31.1 Å². The number of rotatable bonds is 4. The summed E-state index contributed by atoms with van der Waals surface area (Å²) in [5.41, 5.74) is 0.498. The highest BCUT2D eigenvalue weighted by molar-refractivity contribution is 6.31. The summed E-state index contributed by atoms with van der Waals surface area (Å²) in [6.07, 6.45) is 1.67. The number of halogens is 1. The minimum atomic E-state index is -0.573. The van der Waals surface area contributed by atoms with Crippen molar-refractivity contribution < 1.29 is 14.2 Å². The maximum absolute atomic E-state index is 12.8. The van der Waals surface area contributed by atoms with Crippen LogP contribution in [0.2, 0.25) is 5.02 Å². The molecule has 4 rings (SSSR count). The van der Waals surface area contributed by atoms with Crippen LogP contribution in [0.5, 0.6) is 0 Å². The fourth-order valence-corrected chi connectivity index (χ4v) is 3.44. The second-order valence-electron chi connectivity index (χ2n) is 6.74. The highest BCUT2D eigenvalue weighted by Crippen LogP contribution is 2.25. The van der Waals surface area contributed by atoms with E-state index in [9.17, 15) is 14.9 Å². The average Bonchev–Trinajstić information content (AvgIpc) is 3.19. The lowest BCUT2D eigenvalue weighted by Gasteiger charge is -2.35. The molecule has 154 valence electrons. The van der Waals surface area contributed by atoms with Gasteiger partial charge >= 0.3 is 0 Å². The fourth-order valence-electron chi connectivity index (χ4n) is 3.27. The van der Waals surface area contributed by atoms with E-state index in [1.807, 2.05) is 17.0 Å². The van der Waals surface area contributed by atoms with Crippen molar-refractivity contribution in [2.45, 2.75) is 6.92 Å². The number of aromatic nitrogens is 3. The van der Waals surface area contributed by atoms with Gasteiger partial charge in [0.05, 0.1) is 4.92 Å². The Morgan fingerprint density at radius 2 is 1.97 bits per heavy atom. The second-order valence-corrected chi connectivity index (χ2v) is 7.18. The molecule has 0 radical (unpaired) electrons. The van der Waals surface area contributed by atoms with E-state index in [2.05, 4.69) is 15.1 Å². The normalized spacial score (nSPS) is 14.1. The Morgan fingerprint density at radius 1 is 1.20 bits per heavy atom. The second kappa shape index (κ2) is 8.07. The molecule has 0 saturated carbocycles. The lowest BCUT2D eigenvalue weighted by Crippen LogP contribution is -2.49. The maximum Gasteiger partial charge on any atom is 0.282 e. The number of carbonyl (C=O) groups is 1. The number of benzene rings is 1. The summed E-state index contributed by atoms with van der Waals surface area (Å²) >= 11 is 5.94. The number of hydrogen-bond donors (Lipinski definition) is 0. The van der Waals surface area contributed by atoms with Crippen molar-refractivity contribution in [2.24, 2.45) is 0 Å². The molecular formula is C19H17ClN6O4. The number of amides is 1. The molecule has 1 aliphatic heterocycles. The van der Waals surface area contributed by atoms with Gasteiger partial charge < -0.3 is 14.3 Å². The number of pyridine rings is 1. The Balaban J connectivity index is 1.43. The standard InChI is InChI=1S/C19H17ClN6O4/c1-12-22-18(23-30-12)13-2-5-17(21-11-13)24-6-8-25(9-7-24)19(27)15-10-14(20)3-4-16(15)26(28)29/h2-5,10-11H,6-9H2,1H3. The predicted octanol–water partition coefficient (Wildman–Crippen LogP) is 2.96. The third kappa shape index (κ3) is 3.94. The first-order valence-electron chi connectivity index (χ1n) is 9.17. The number of aryl methyl sites for hydroxylation is 1. The third-order valence-electron chi connectivity index (χ3n) is 4.81. The van der Waals surface area contributed by atoms with E-state index in [-0.39, 0.29) is 16.3 Å². The Labute approximate surface area is 176 Å². The van der Waals surface area contributed by atoms with E-state index in [1.54, 1.807) is 18.0 Å². The van der Waals surface area contributed by atoms with Gasteiger partial charge in [-0.05, 0) is 24.3 Å². The van der Waals surface area contributed by atoms with Crippen molar-refractivity contribution in [3.8, 4) is 11.4 Å². The molecule has 0 bridgehead atoms. The van der Waals surface area contributed by atoms with Crippen LogP contribution in [0.25, 0.3) is 11.4 Å². The van der Waals surface area contributed by atoms with Crippen molar-refractivity contribution in [1.82, 2.24) is 20.0 Å². The minimum absolute atomic E-state index is 0.00108. The predicted molar refractivity (Wildman–Crippen MR) is 108 cm³/mol. The Bertz CT molecular complexity index is 1090. The highest BCUT2D eigenvalue weighted by atomic mass is 35.5. The third-order valence-corrected chi connectivity index (χ3v) is 5.05. The van der Waals surface area contributed by atoms with Gasteiger partial charge in [0, 0.05) is 56.0 Å². The quantitative estimate of drug-likeness (QED) is 0.459. The lowest BCUT2D eigenvalue weighted by molar-refractivity contribution is -0.385. The van der Waals surface area contributed by atoms with Crippen molar-refractivity contribution >= 4 is 29.0 Å². The van der Waals surface area contributed by atoms with Crippen LogP contribution in [0, 0.1) is 17.0 Å². The molecule has 1 fully saturated rings. The van der Waals surface area contributed by atoms with Crippen LogP contribution in [0.3, 0.4) is 0 Å². The van der Waals surface area contributed by atoms with Crippen LogP contribution in [0.4, 0.5) is 11.5 Å². The molecule has 1 amide bonds. The number of nitrogens with zero attached hydrogens (tertiary/aromatic N) is 6. The molecule has 1 aliphatic rings. The number of piperazine rings is 1. The molecular weight excluding hydrogens is 412 g/mol. The minimum Gasteiger partial charge on any atom is -0.353 e. The van der Waals surface area contributed by atoms with E-state index in [1.165, 1.54) is 18.2 Å². The Morgan fingerprint density at radius 3 is 2.57 bits per heavy atom. The van der Waals surface area contributed by atoms with Crippen molar-refractivity contribution in [1.29, 1.82) is 0 Å². The zero-order valence-corrected chi connectivity index (χ0v) is 16.7. The highest BCUT2D eigenvalue weighted by Gasteiger charge is 2.28. The SMILES string of the molecule is Cc1nc(-c2ccc(N3CCN(C(=O)c4cc(Cl)ccc4[N+](=O)[O-])CC3)nc2)no1. The van der Waals surface area contributed by atoms with E-state index < -0.39 is 10.8 Å². The fraction of sp³-hybridized carbons (Fsp3) is 0.263. The van der Waals surface area contributed by atoms with E-state index in [0.29, 0.717) is 37.9 Å². The largest absolute Gasteiger partial charge is 0.353 e. The number of anilines is 1. The summed E-state index contributed by atoms with van der Waals surface area (Å²) in [4.78, 5) is 35.8. The summed E-state index contributed by atoms with van der Waals surface area (Å²) in [6.45, 7) is 3.64. The van der Waals surface area contributed by atoms with Crippen LogP contribution in [0.15, 0.2) is 41.1 Å². The van der Waals surface area contributed by atoms with Gasteiger partial charge in [-0.1, -0.05) is 16.8 Å². The van der Waals surface area contributed by atoms with E-state index in [4.69, 9.17) is 16.1 Å². The average molecular weight is 429 g/mol. The van der Waals surface area contributed by atoms with Gasteiger partial charge in [0.15, 0.2) is 0 Å². The van der Waals surface area contributed by atoms with E-state index >= 15 is 0 Å². The molecule has 3 aromatic rings. The summed E-state index contributed by atoms with van der Waals surface area (Å²) in [5.74, 6) is 1.32. The van der Waals surface area contributed by atoms with E-state index in [0.717, 1.165) is 11.4 Å². The number of hydrogen-bond acceptors (Lipinski definition) is 8. The monoisotopic (exact) mass is 428 g/mol. The Hall–Kier alpha value is -3.53. The van der Waals surface area contributed by atoms with Crippen LogP contribution in [-0.4, -0.2) is 57.0 Å². The molecule has 0 N–H and O–H groups in total. The number of nitro groups is 1. The van der Waals surface area contributed by atoms with Gasteiger partial charge in [0.1, 0.15) is 11.4 Å². The summed E-state index contributed by atoms with van der Waals surface area (Å²) in [5, 5.41) is 15.4. The first kappa shape index (κ1) is 19.8.